The van der Waals surface area contributed by atoms with Crippen LogP contribution in [0.3, 0.4) is 0 Å². The summed E-state index contributed by atoms with van der Waals surface area (Å²) >= 11 is 0. The maximum Gasteiger partial charge on any atom is 0.0103 e. The van der Waals surface area contributed by atoms with Gasteiger partial charge in [0.05, 0.1) is 0 Å². The van der Waals surface area contributed by atoms with Crippen molar-refractivity contribution < 1.29 is 0 Å². The van der Waals surface area contributed by atoms with Crippen LogP contribution in [0.5, 0.6) is 0 Å². The SMILES string of the molecule is CC#CCCC(N)CC. The molecule has 0 aliphatic carbocycles. The van der Waals surface area contributed by atoms with E-state index in [-0.39, 0.29) is 0 Å². The van der Waals surface area contributed by atoms with Crippen LogP contribution in [-0.4, -0.2) is 6.04 Å². The van der Waals surface area contributed by atoms with E-state index in [1.54, 1.807) is 0 Å². The first-order chi connectivity index (χ1) is 4.31. The fourth-order valence-electron chi connectivity index (χ4n) is 0.587. The molecule has 1 nitrogen and oxygen atoms in total. The lowest BCUT2D eigenvalue weighted by atomic mass is 10.1. The van der Waals surface area contributed by atoms with Gasteiger partial charge in [0.2, 0.25) is 0 Å². The summed E-state index contributed by atoms with van der Waals surface area (Å²) < 4.78 is 0. The van der Waals surface area contributed by atoms with Crippen molar-refractivity contribution in [1.29, 1.82) is 0 Å². The minimum absolute atomic E-state index is 0.353. The van der Waals surface area contributed by atoms with Crippen molar-refractivity contribution in [2.24, 2.45) is 5.73 Å². The summed E-state index contributed by atoms with van der Waals surface area (Å²) in [6.07, 6.45) is 3.05. The molecular formula is C8H15N. The summed E-state index contributed by atoms with van der Waals surface area (Å²) in [6, 6.07) is 0.353. The van der Waals surface area contributed by atoms with Crippen LogP contribution in [0.2, 0.25) is 0 Å². The summed E-state index contributed by atoms with van der Waals surface area (Å²) in [7, 11) is 0. The van der Waals surface area contributed by atoms with Crippen LogP contribution in [-0.2, 0) is 0 Å². The monoisotopic (exact) mass is 125 g/mol. The predicted octanol–water partition coefficient (Wildman–Crippen LogP) is 1.53. The van der Waals surface area contributed by atoms with E-state index in [4.69, 9.17) is 5.73 Å². The molecule has 0 aliphatic heterocycles. The highest BCUT2D eigenvalue weighted by molar-refractivity contribution is 4.95. The fraction of sp³-hybridized carbons (Fsp3) is 0.750. The minimum Gasteiger partial charge on any atom is -0.328 e. The molecule has 1 atom stereocenters. The maximum atomic E-state index is 5.65. The van der Waals surface area contributed by atoms with Gasteiger partial charge in [-0.05, 0) is 19.8 Å². The zero-order valence-electron chi connectivity index (χ0n) is 6.28. The van der Waals surface area contributed by atoms with Gasteiger partial charge >= 0.3 is 0 Å². The molecule has 0 radical (unpaired) electrons. The summed E-state index contributed by atoms with van der Waals surface area (Å²) in [5.41, 5.74) is 5.65. The summed E-state index contributed by atoms with van der Waals surface area (Å²) in [6.45, 7) is 3.96. The van der Waals surface area contributed by atoms with Crippen molar-refractivity contribution in [3.63, 3.8) is 0 Å². The van der Waals surface area contributed by atoms with Crippen molar-refractivity contribution in [2.45, 2.75) is 39.2 Å². The Morgan fingerprint density at radius 1 is 1.56 bits per heavy atom. The topological polar surface area (TPSA) is 26.0 Å². The van der Waals surface area contributed by atoms with Crippen LogP contribution in [0.25, 0.3) is 0 Å². The van der Waals surface area contributed by atoms with Crippen LogP contribution < -0.4 is 5.73 Å². The van der Waals surface area contributed by atoms with Crippen molar-refractivity contribution in [3.05, 3.63) is 0 Å². The largest absolute Gasteiger partial charge is 0.328 e. The van der Waals surface area contributed by atoms with Gasteiger partial charge in [0.1, 0.15) is 0 Å². The highest BCUT2D eigenvalue weighted by atomic mass is 14.6. The quantitative estimate of drug-likeness (QED) is 0.569. The van der Waals surface area contributed by atoms with Gasteiger partial charge in [-0.25, -0.2) is 0 Å². The van der Waals surface area contributed by atoms with Gasteiger partial charge in [-0.3, -0.25) is 0 Å². The van der Waals surface area contributed by atoms with Crippen LogP contribution in [0, 0.1) is 11.8 Å². The van der Waals surface area contributed by atoms with Crippen molar-refractivity contribution in [2.75, 3.05) is 0 Å². The Labute approximate surface area is 57.6 Å². The van der Waals surface area contributed by atoms with Crippen molar-refractivity contribution >= 4 is 0 Å². The van der Waals surface area contributed by atoms with E-state index >= 15 is 0 Å². The third-order valence-corrected chi connectivity index (χ3v) is 1.34. The van der Waals surface area contributed by atoms with Gasteiger partial charge in [0.25, 0.3) is 0 Å². The van der Waals surface area contributed by atoms with E-state index in [0.29, 0.717) is 6.04 Å². The van der Waals surface area contributed by atoms with E-state index < -0.39 is 0 Å². The lowest BCUT2D eigenvalue weighted by molar-refractivity contribution is 0.607. The molecule has 52 valence electrons. The second-order valence-electron chi connectivity index (χ2n) is 2.13. The molecular weight excluding hydrogens is 110 g/mol. The van der Waals surface area contributed by atoms with Gasteiger partial charge in [-0.2, -0.15) is 0 Å². The normalized spacial score (nSPS) is 11.9. The highest BCUT2D eigenvalue weighted by Gasteiger charge is 1.94. The Morgan fingerprint density at radius 2 is 2.22 bits per heavy atom. The van der Waals surface area contributed by atoms with Crippen molar-refractivity contribution in [1.82, 2.24) is 0 Å². The van der Waals surface area contributed by atoms with Crippen LogP contribution in [0.15, 0.2) is 0 Å². The molecule has 0 aromatic rings. The molecule has 0 bridgehead atoms. The molecule has 1 unspecified atom stereocenters. The molecule has 0 saturated carbocycles. The number of hydrogen-bond acceptors (Lipinski definition) is 1. The molecule has 0 amide bonds. The van der Waals surface area contributed by atoms with E-state index in [9.17, 15) is 0 Å². The molecule has 0 heterocycles. The van der Waals surface area contributed by atoms with Gasteiger partial charge < -0.3 is 5.73 Å². The average molecular weight is 125 g/mol. The van der Waals surface area contributed by atoms with Crippen LogP contribution in [0.1, 0.15) is 33.1 Å². The van der Waals surface area contributed by atoms with Crippen LogP contribution >= 0.6 is 0 Å². The molecule has 0 aliphatic rings. The molecule has 2 N–H and O–H groups in total. The first-order valence-electron chi connectivity index (χ1n) is 3.46. The second kappa shape index (κ2) is 5.65. The molecule has 0 aromatic carbocycles. The lowest BCUT2D eigenvalue weighted by Crippen LogP contribution is -2.17. The zero-order chi connectivity index (χ0) is 7.11. The molecule has 0 fully saturated rings. The molecule has 0 aromatic heterocycles. The van der Waals surface area contributed by atoms with E-state index in [0.717, 1.165) is 19.3 Å². The van der Waals surface area contributed by atoms with Gasteiger partial charge in [-0.15, -0.1) is 11.8 Å². The molecule has 0 saturated heterocycles. The highest BCUT2D eigenvalue weighted by Crippen LogP contribution is 1.95. The molecule has 0 rings (SSSR count). The Morgan fingerprint density at radius 3 is 2.67 bits per heavy atom. The third kappa shape index (κ3) is 5.39. The Kier molecular flexibility index (Phi) is 5.35. The van der Waals surface area contributed by atoms with E-state index in [2.05, 4.69) is 18.8 Å². The zero-order valence-corrected chi connectivity index (χ0v) is 6.28. The summed E-state index contributed by atoms with van der Waals surface area (Å²) in [5, 5.41) is 0. The standard InChI is InChI=1S/C8H15N/c1-3-5-6-7-8(9)4-2/h8H,4,6-7,9H2,1-2H3. The Bertz CT molecular complexity index is 107. The second-order valence-corrected chi connectivity index (χ2v) is 2.13. The maximum absolute atomic E-state index is 5.65. The number of hydrogen-bond donors (Lipinski definition) is 1. The van der Waals surface area contributed by atoms with Gasteiger partial charge in [0, 0.05) is 12.5 Å². The molecule has 1 heteroatoms. The van der Waals surface area contributed by atoms with Gasteiger partial charge in [-0.1, -0.05) is 6.92 Å². The molecule has 0 spiro atoms. The average Bonchev–Trinajstić information content (AvgIpc) is 1.89. The number of nitrogens with two attached hydrogens (primary N) is 1. The predicted molar refractivity (Wildman–Crippen MR) is 41.0 cm³/mol. The van der Waals surface area contributed by atoms with Crippen molar-refractivity contribution in [3.8, 4) is 11.8 Å². The smallest absolute Gasteiger partial charge is 0.0103 e. The number of rotatable bonds is 3. The first-order valence-corrected chi connectivity index (χ1v) is 3.46. The Hall–Kier alpha value is -0.480. The first kappa shape index (κ1) is 8.52. The third-order valence-electron chi connectivity index (χ3n) is 1.34. The van der Waals surface area contributed by atoms with E-state index in [1.165, 1.54) is 0 Å². The molecule has 9 heavy (non-hydrogen) atoms. The minimum atomic E-state index is 0.353. The summed E-state index contributed by atoms with van der Waals surface area (Å²) in [4.78, 5) is 0. The summed E-state index contributed by atoms with van der Waals surface area (Å²) in [5.74, 6) is 5.83. The van der Waals surface area contributed by atoms with Gasteiger partial charge in [0.15, 0.2) is 0 Å². The lowest BCUT2D eigenvalue weighted by Gasteiger charge is -2.03. The Balaban J connectivity index is 3.13. The fourth-order valence-corrected chi connectivity index (χ4v) is 0.587. The van der Waals surface area contributed by atoms with E-state index in [1.807, 2.05) is 6.92 Å². The van der Waals surface area contributed by atoms with Crippen LogP contribution in [0.4, 0.5) is 0 Å².